The molecule has 0 amide bonds. The third kappa shape index (κ3) is 44.9. The summed E-state index contributed by atoms with van der Waals surface area (Å²) in [6.07, 6.45) is 45.5. The zero-order valence-electron chi connectivity index (χ0n) is 41.0. The van der Waals surface area contributed by atoms with Crippen molar-refractivity contribution in [3.05, 3.63) is 36.5 Å². The Labute approximate surface area is 390 Å². The van der Waals surface area contributed by atoms with Gasteiger partial charge in [-0.05, 0) is 51.4 Å². The smallest absolute Gasteiger partial charge is 0.462 e. The fraction of sp³-hybridized carbons (Fsp3) is 0.827. The Hall–Kier alpha value is -2.30. The Morgan fingerprint density at radius 3 is 1.25 bits per heavy atom. The van der Waals surface area contributed by atoms with Gasteiger partial charge in [-0.1, -0.05) is 205 Å². The minimum Gasteiger partial charge on any atom is -0.462 e. The second-order valence-electron chi connectivity index (χ2n) is 17.3. The van der Waals surface area contributed by atoms with E-state index in [0.717, 1.165) is 77.0 Å². The number of aliphatic hydroxyl groups is 1. The lowest BCUT2D eigenvalue weighted by atomic mass is 10.0. The largest absolute Gasteiger partial charge is 0.472 e. The summed E-state index contributed by atoms with van der Waals surface area (Å²) in [5, 5.41) is 9.73. The Bertz CT molecular complexity index is 1220. The van der Waals surface area contributed by atoms with E-state index < -0.39 is 57.8 Å². The molecule has 12 heteroatoms. The van der Waals surface area contributed by atoms with Gasteiger partial charge in [0.05, 0.1) is 19.8 Å². The number of hydrogen-bond donors (Lipinski definition) is 2. The van der Waals surface area contributed by atoms with Crippen molar-refractivity contribution in [3.8, 4) is 0 Å². The molecule has 0 saturated heterocycles. The van der Waals surface area contributed by atoms with Gasteiger partial charge in [-0.3, -0.25) is 23.4 Å². The van der Waals surface area contributed by atoms with E-state index in [9.17, 15) is 28.9 Å². The first-order valence-corrected chi connectivity index (χ1v) is 27.4. The van der Waals surface area contributed by atoms with Gasteiger partial charge in [0.2, 0.25) is 0 Å². The fourth-order valence-electron chi connectivity index (χ4n) is 7.14. The molecule has 0 aliphatic heterocycles. The molecule has 64 heavy (non-hydrogen) atoms. The summed E-state index contributed by atoms with van der Waals surface area (Å²) in [5.41, 5.74) is 0. The van der Waals surface area contributed by atoms with E-state index in [0.29, 0.717) is 19.3 Å². The monoisotopic (exact) mass is 927 g/mol. The average molecular weight is 927 g/mol. The maximum absolute atomic E-state index is 12.8. The minimum absolute atomic E-state index is 0.136. The molecule has 0 heterocycles. The van der Waals surface area contributed by atoms with Gasteiger partial charge in [0.1, 0.15) is 12.7 Å². The molecule has 0 aromatic rings. The molecule has 2 N–H and O–H groups in total. The number of hydrogen-bond acceptors (Lipinski definition) is 10. The van der Waals surface area contributed by atoms with E-state index in [-0.39, 0.29) is 25.9 Å². The maximum Gasteiger partial charge on any atom is 0.472 e. The van der Waals surface area contributed by atoms with Crippen LogP contribution < -0.4 is 0 Å². The van der Waals surface area contributed by atoms with Crippen LogP contribution in [-0.4, -0.2) is 66.5 Å². The van der Waals surface area contributed by atoms with Crippen molar-refractivity contribution in [2.45, 2.75) is 251 Å². The van der Waals surface area contributed by atoms with Crippen molar-refractivity contribution >= 4 is 25.7 Å². The van der Waals surface area contributed by atoms with Crippen molar-refractivity contribution in [2.24, 2.45) is 0 Å². The Morgan fingerprint density at radius 1 is 0.453 bits per heavy atom. The molecular weight excluding hydrogens is 832 g/mol. The molecule has 0 rings (SSSR count). The molecule has 3 unspecified atom stereocenters. The van der Waals surface area contributed by atoms with Crippen molar-refractivity contribution < 1.29 is 52.2 Å². The molecule has 0 spiro atoms. The van der Waals surface area contributed by atoms with E-state index >= 15 is 0 Å². The molecular formula is C52H95O11P. The van der Waals surface area contributed by atoms with Crippen molar-refractivity contribution in [1.29, 1.82) is 0 Å². The topological polar surface area (TPSA) is 155 Å². The van der Waals surface area contributed by atoms with E-state index in [2.05, 4.69) is 57.2 Å². The Kier molecular flexibility index (Phi) is 45.5. The SMILES string of the molecule is CC/C=C\C/C=C\C/C=C\CCCCCC(=O)OC(COC(=O)CCCCCCCCCCCCCCCCC)COP(=O)(O)OCC(CO)OC(=O)CCCCCCCCCCC. The van der Waals surface area contributed by atoms with Gasteiger partial charge in [-0.25, -0.2) is 4.57 Å². The Morgan fingerprint density at radius 2 is 0.812 bits per heavy atom. The number of rotatable bonds is 48. The van der Waals surface area contributed by atoms with Crippen LogP contribution >= 0.6 is 7.82 Å². The fourth-order valence-corrected chi connectivity index (χ4v) is 7.92. The van der Waals surface area contributed by atoms with Gasteiger partial charge < -0.3 is 24.2 Å². The van der Waals surface area contributed by atoms with Crippen LogP contribution in [0.1, 0.15) is 239 Å². The van der Waals surface area contributed by atoms with Gasteiger partial charge in [-0.15, -0.1) is 0 Å². The first kappa shape index (κ1) is 61.7. The summed E-state index contributed by atoms with van der Waals surface area (Å²) in [4.78, 5) is 48.2. The quantitative estimate of drug-likeness (QED) is 0.0197. The number of phosphoric ester groups is 1. The predicted octanol–water partition coefficient (Wildman–Crippen LogP) is 14.5. The molecule has 11 nitrogen and oxygen atoms in total. The molecule has 0 saturated carbocycles. The second kappa shape index (κ2) is 47.2. The lowest BCUT2D eigenvalue weighted by molar-refractivity contribution is -0.161. The maximum atomic E-state index is 12.8. The molecule has 0 bridgehead atoms. The summed E-state index contributed by atoms with van der Waals surface area (Å²) in [6.45, 7) is 4.48. The highest BCUT2D eigenvalue weighted by Crippen LogP contribution is 2.43. The summed E-state index contributed by atoms with van der Waals surface area (Å²) < 4.78 is 39.3. The molecule has 0 fully saturated rings. The summed E-state index contributed by atoms with van der Waals surface area (Å²) in [6, 6.07) is 0. The first-order valence-electron chi connectivity index (χ1n) is 25.9. The van der Waals surface area contributed by atoms with Crippen molar-refractivity contribution in [2.75, 3.05) is 26.4 Å². The summed E-state index contributed by atoms with van der Waals surface area (Å²) >= 11 is 0. The van der Waals surface area contributed by atoms with Crippen LogP contribution in [0, 0.1) is 0 Å². The average Bonchev–Trinajstić information content (AvgIpc) is 3.28. The van der Waals surface area contributed by atoms with E-state index in [1.165, 1.54) is 103 Å². The van der Waals surface area contributed by atoms with Crippen LogP contribution in [0.5, 0.6) is 0 Å². The second-order valence-corrected chi connectivity index (χ2v) is 18.8. The van der Waals surface area contributed by atoms with Crippen LogP contribution in [0.3, 0.4) is 0 Å². The zero-order chi connectivity index (χ0) is 47.0. The van der Waals surface area contributed by atoms with E-state index in [1.54, 1.807) is 0 Å². The van der Waals surface area contributed by atoms with E-state index in [4.69, 9.17) is 23.3 Å². The zero-order valence-corrected chi connectivity index (χ0v) is 41.9. The third-order valence-corrected chi connectivity index (χ3v) is 12.0. The van der Waals surface area contributed by atoms with Gasteiger partial charge in [-0.2, -0.15) is 0 Å². The van der Waals surface area contributed by atoms with Crippen LogP contribution in [-0.2, 0) is 42.2 Å². The van der Waals surface area contributed by atoms with Gasteiger partial charge in [0, 0.05) is 19.3 Å². The number of ether oxygens (including phenoxy) is 3. The molecule has 0 aromatic carbocycles. The first-order chi connectivity index (χ1) is 31.2. The highest BCUT2D eigenvalue weighted by molar-refractivity contribution is 7.47. The van der Waals surface area contributed by atoms with Crippen LogP contribution in [0.2, 0.25) is 0 Å². The van der Waals surface area contributed by atoms with Crippen LogP contribution in [0.25, 0.3) is 0 Å². The standard InChI is InChI=1S/C52H95O11P/c1-4-7-10-13-16-19-21-23-24-26-27-30-32-35-38-41-50(54)59-45-49(63-52(56)43-40-37-34-31-28-25-22-20-17-14-11-8-5-2)47-61-64(57,58)60-46-48(44-53)62-51(55)42-39-36-33-29-18-15-12-9-6-3/h8,11,17,20,25,28,48-49,53H,4-7,9-10,12-16,18-19,21-24,26-27,29-47H2,1-3H3,(H,57,58)/b11-8-,20-17-,28-25-. The molecule has 0 radical (unpaired) electrons. The number of allylic oxidation sites excluding steroid dienone is 6. The number of aliphatic hydroxyl groups excluding tert-OH is 1. The molecule has 3 atom stereocenters. The summed E-state index contributed by atoms with van der Waals surface area (Å²) in [5.74, 6) is -1.49. The summed E-state index contributed by atoms with van der Waals surface area (Å²) in [7, 11) is -4.74. The van der Waals surface area contributed by atoms with Gasteiger partial charge in [0.15, 0.2) is 6.10 Å². The predicted molar refractivity (Wildman–Crippen MR) is 261 cm³/mol. The van der Waals surface area contributed by atoms with Crippen molar-refractivity contribution in [3.63, 3.8) is 0 Å². The van der Waals surface area contributed by atoms with E-state index in [1.807, 2.05) is 0 Å². The molecule has 0 aliphatic rings. The van der Waals surface area contributed by atoms with Gasteiger partial charge >= 0.3 is 25.7 Å². The molecule has 374 valence electrons. The highest BCUT2D eigenvalue weighted by Gasteiger charge is 2.28. The lowest BCUT2D eigenvalue weighted by Crippen LogP contribution is -2.30. The minimum atomic E-state index is -4.74. The Balaban J connectivity index is 4.75. The third-order valence-electron chi connectivity index (χ3n) is 11.1. The number of phosphoric acid groups is 1. The highest BCUT2D eigenvalue weighted by atomic mass is 31.2. The van der Waals surface area contributed by atoms with Gasteiger partial charge in [0.25, 0.3) is 0 Å². The molecule has 0 aromatic heterocycles. The van der Waals surface area contributed by atoms with Crippen LogP contribution in [0.15, 0.2) is 36.5 Å². The lowest BCUT2D eigenvalue weighted by Gasteiger charge is -2.21. The number of esters is 3. The normalized spacial score (nSPS) is 13.8. The number of unbranched alkanes of at least 4 members (excludes halogenated alkanes) is 25. The number of carbonyl (C=O) groups is 3. The van der Waals surface area contributed by atoms with Crippen LogP contribution in [0.4, 0.5) is 0 Å². The van der Waals surface area contributed by atoms with Crippen molar-refractivity contribution in [1.82, 2.24) is 0 Å². The molecule has 0 aliphatic carbocycles. The number of carbonyl (C=O) groups excluding carboxylic acids is 3.